The number of nitrogens with zero attached hydrogens (tertiary/aromatic N) is 1. The molecule has 0 aromatic heterocycles. The molecule has 2 rings (SSSR count). The number of carbonyl (C=O) groups is 2. The van der Waals surface area contributed by atoms with Gasteiger partial charge in [-0.05, 0) is 62.6 Å². The summed E-state index contributed by atoms with van der Waals surface area (Å²) in [4.78, 5) is 26.6. The molecule has 0 unspecified atom stereocenters. The summed E-state index contributed by atoms with van der Waals surface area (Å²) < 4.78 is 18.9. The minimum Gasteiger partial charge on any atom is -0.483 e. The molecule has 6 heteroatoms. The third-order valence-electron chi connectivity index (χ3n) is 4.48. The van der Waals surface area contributed by atoms with Gasteiger partial charge in [0.05, 0.1) is 0 Å². The Morgan fingerprint density at radius 1 is 1.14 bits per heavy atom. The summed E-state index contributed by atoms with van der Waals surface area (Å²) in [6.07, 6.45) is 0. The number of ether oxygens (including phenoxy) is 1. The first-order chi connectivity index (χ1) is 13.3. The predicted molar refractivity (Wildman–Crippen MR) is 107 cm³/mol. The van der Waals surface area contributed by atoms with E-state index >= 15 is 0 Å². The van der Waals surface area contributed by atoms with Gasteiger partial charge in [0.2, 0.25) is 5.91 Å². The van der Waals surface area contributed by atoms with Crippen LogP contribution in [0.4, 0.5) is 4.39 Å². The third-order valence-corrected chi connectivity index (χ3v) is 4.48. The number of aryl methyl sites for hydroxylation is 2. The summed E-state index contributed by atoms with van der Waals surface area (Å²) in [5.74, 6) is -0.272. The van der Waals surface area contributed by atoms with Gasteiger partial charge < -0.3 is 15.0 Å². The van der Waals surface area contributed by atoms with Crippen molar-refractivity contribution in [3.05, 3.63) is 65.0 Å². The molecule has 0 aliphatic rings. The van der Waals surface area contributed by atoms with E-state index in [1.54, 1.807) is 19.1 Å². The summed E-state index contributed by atoms with van der Waals surface area (Å²) in [7, 11) is 0. The van der Waals surface area contributed by atoms with Crippen LogP contribution in [-0.4, -0.2) is 35.9 Å². The molecule has 150 valence electrons. The van der Waals surface area contributed by atoms with E-state index in [1.807, 2.05) is 39.0 Å². The molecule has 2 aromatic carbocycles. The van der Waals surface area contributed by atoms with Crippen molar-refractivity contribution < 1.29 is 18.7 Å². The van der Waals surface area contributed by atoms with Crippen LogP contribution in [0.1, 0.15) is 30.5 Å². The maximum Gasteiger partial charge on any atom is 0.261 e. The Morgan fingerprint density at radius 3 is 2.46 bits per heavy atom. The van der Waals surface area contributed by atoms with E-state index in [9.17, 15) is 14.0 Å². The van der Waals surface area contributed by atoms with Crippen molar-refractivity contribution in [1.82, 2.24) is 10.2 Å². The van der Waals surface area contributed by atoms with Crippen LogP contribution in [-0.2, 0) is 16.1 Å². The standard InChI is InChI=1S/C22H27FN2O3/c1-5-24-22(27)17(4)25(13-18-8-10-19(23)11-9-18)21(26)14-28-20-12-15(2)6-7-16(20)3/h6-12,17H,5,13-14H2,1-4H3,(H,24,27)/t17-/m1/s1. The highest BCUT2D eigenvalue weighted by atomic mass is 19.1. The molecule has 0 saturated carbocycles. The summed E-state index contributed by atoms with van der Waals surface area (Å²) in [5, 5.41) is 2.73. The Hall–Kier alpha value is -2.89. The zero-order valence-corrected chi connectivity index (χ0v) is 16.8. The number of nitrogens with one attached hydrogen (secondary N) is 1. The van der Waals surface area contributed by atoms with Crippen molar-refractivity contribution in [2.45, 2.75) is 40.3 Å². The number of hydrogen-bond acceptors (Lipinski definition) is 3. The fourth-order valence-electron chi connectivity index (χ4n) is 2.78. The molecule has 0 saturated heterocycles. The average Bonchev–Trinajstić information content (AvgIpc) is 2.67. The SMILES string of the molecule is CCNC(=O)[C@@H](C)N(Cc1ccc(F)cc1)C(=O)COc1cc(C)ccc1C. The number of benzene rings is 2. The first kappa shape index (κ1) is 21.4. The number of carbonyl (C=O) groups excluding carboxylic acids is 2. The Balaban J connectivity index is 2.16. The third kappa shape index (κ3) is 5.81. The van der Waals surface area contributed by atoms with Crippen LogP contribution < -0.4 is 10.1 Å². The maximum absolute atomic E-state index is 13.2. The second-order valence-electron chi connectivity index (χ2n) is 6.78. The van der Waals surface area contributed by atoms with Crippen LogP contribution in [0.2, 0.25) is 0 Å². The van der Waals surface area contributed by atoms with Gasteiger partial charge in [-0.2, -0.15) is 0 Å². The van der Waals surface area contributed by atoms with Crippen molar-refractivity contribution in [2.75, 3.05) is 13.2 Å². The molecule has 0 aliphatic heterocycles. The lowest BCUT2D eigenvalue weighted by atomic mass is 10.1. The molecule has 0 heterocycles. The van der Waals surface area contributed by atoms with E-state index in [4.69, 9.17) is 4.74 Å². The van der Waals surface area contributed by atoms with Crippen molar-refractivity contribution in [3.8, 4) is 5.75 Å². The second kappa shape index (κ2) is 9.88. The quantitative estimate of drug-likeness (QED) is 0.757. The minimum absolute atomic E-state index is 0.185. The molecular formula is C22H27FN2O3. The van der Waals surface area contributed by atoms with E-state index in [1.165, 1.54) is 17.0 Å². The summed E-state index contributed by atoms with van der Waals surface area (Å²) >= 11 is 0. The summed E-state index contributed by atoms with van der Waals surface area (Å²) in [6.45, 7) is 7.83. The van der Waals surface area contributed by atoms with E-state index < -0.39 is 6.04 Å². The zero-order valence-electron chi connectivity index (χ0n) is 16.8. The molecule has 0 radical (unpaired) electrons. The number of hydrogen-bond donors (Lipinski definition) is 1. The minimum atomic E-state index is -0.681. The monoisotopic (exact) mass is 386 g/mol. The lowest BCUT2D eigenvalue weighted by molar-refractivity contribution is -0.142. The Labute approximate surface area is 165 Å². The van der Waals surface area contributed by atoms with Gasteiger partial charge in [0.1, 0.15) is 17.6 Å². The Kier molecular flexibility index (Phi) is 7.55. The molecule has 2 amide bonds. The maximum atomic E-state index is 13.2. The van der Waals surface area contributed by atoms with Gasteiger partial charge in [-0.1, -0.05) is 24.3 Å². The largest absolute Gasteiger partial charge is 0.483 e. The first-order valence-electron chi connectivity index (χ1n) is 9.33. The fourth-order valence-corrected chi connectivity index (χ4v) is 2.78. The van der Waals surface area contributed by atoms with Crippen LogP contribution in [0.25, 0.3) is 0 Å². The second-order valence-corrected chi connectivity index (χ2v) is 6.78. The van der Waals surface area contributed by atoms with Crippen molar-refractivity contribution in [2.24, 2.45) is 0 Å². The van der Waals surface area contributed by atoms with Gasteiger partial charge in [0.15, 0.2) is 6.61 Å². The molecule has 0 spiro atoms. The van der Waals surface area contributed by atoms with E-state index in [0.29, 0.717) is 12.3 Å². The van der Waals surface area contributed by atoms with Gasteiger partial charge in [-0.25, -0.2) is 4.39 Å². The van der Waals surface area contributed by atoms with Crippen molar-refractivity contribution >= 4 is 11.8 Å². The summed E-state index contributed by atoms with van der Waals surface area (Å²) in [6, 6.07) is 11.0. The molecule has 2 aromatic rings. The smallest absolute Gasteiger partial charge is 0.261 e. The van der Waals surface area contributed by atoms with Gasteiger partial charge in [-0.15, -0.1) is 0 Å². The first-order valence-corrected chi connectivity index (χ1v) is 9.33. The number of likely N-dealkylation sites (N-methyl/N-ethyl adjacent to an activating group) is 1. The highest BCUT2D eigenvalue weighted by Crippen LogP contribution is 2.19. The lowest BCUT2D eigenvalue weighted by Gasteiger charge is -2.28. The predicted octanol–water partition coefficient (Wildman–Crippen LogP) is 3.37. The Bertz CT molecular complexity index is 821. The lowest BCUT2D eigenvalue weighted by Crippen LogP contribution is -2.49. The topological polar surface area (TPSA) is 58.6 Å². The molecule has 0 aliphatic carbocycles. The molecular weight excluding hydrogens is 359 g/mol. The number of amides is 2. The molecule has 1 atom stereocenters. The van der Waals surface area contributed by atoms with Gasteiger partial charge >= 0.3 is 0 Å². The highest BCUT2D eigenvalue weighted by Gasteiger charge is 2.26. The highest BCUT2D eigenvalue weighted by molar-refractivity contribution is 5.87. The fraction of sp³-hybridized carbons (Fsp3) is 0.364. The molecule has 0 bridgehead atoms. The van der Waals surface area contributed by atoms with Crippen LogP contribution in [0.3, 0.4) is 0 Å². The van der Waals surface area contributed by atoms with E-state index in [2.05, 4.69) is 5.32 Å². The molecule has 5 nitrogen and oxygen atoms in total. The van der Waals surface area contributed by atoms with Crippen molar-refractivity contribution in [3.63, 3.8) is 0 Å². The number of rotatable bonds is 8. The van der Waals surface area contributed by atoms with Gasteiger partial charge in [0.25, 0.3) is 5.91 Å². The van der Waals surface area contributed by atoms with Gasteiger partial charge in [0, 0.05) is 13.1 Å². The van der Waals surface area contributed by atoms with Gasteiger partial charge in [-0.3, -0.25) is 9.59 Å². The molecule has 0 fully saturated rings. The number of halogens is 1. The van der Waals surface area contributed by atoms with E-state index in [-0.39, 0.29) is 30.8 Å². The average molecular weight is 386 g/mol. The molecule has 28 heavy (non-hydrogen) atoms. The van der Waals surface area contributed by atoms with Crippen LogP contribution in [0.5, 0.6) is 5.75 Å². The summed E-state index contributed by atoms with van der Waals surface area (Å²) in [5.41, 5.74) is 2.70. The van der Waals surface area contributed by atoms with Crippen LogP contribution in [0.15, 0.2) is 42.5 Å². The Morgan fingerprint density at radius 2 is 1.82 bits per heavy atom. The van der Waals surface area contributed by atoms with Crippen LogP contribution >= 0.6 is 0 Å². The van der Waals surface area contributed by atoms with Crippen LogP contribution in [0, 0.1) is 19.7 Å². The zero-order chi connectivity index (χ0) is 20.7. The normalized spacial score (nSPS) is 11.6. The van der Waals surface area contributed by atoms with E-state index in [0.717, 1.165) is 16.7 Å². The molecule has 1 N–H and O–H groups in total. The van der Waals surface area contributed by atoms with Crippen molar-refractivity contribution in [1.29, 1.82) is 0 Å².